The number of benzene rings is 3. The Morgan fingerprint density at radius 3 is 2.74 bits per heavy atom. The number of ether oxygens (including phenoxy) is 2. The Hall–Kier alpha value is -3.43. The number of methoxy groups -OCH3 is 1. The lowest BCUT2D eigenvalue weighted by atomic mass is 10.0. The van der Waals surface area contributed by atoms with E-state index in [1.807, 2.05) is 13.0 Å². The minimum absolute atomic E-state index is 0.00907. The topological polar surface area (TPSA) is 117 Å². The van der Waals surface area contributed by atoms with Gasteiger partial charge in [0.1, 0.15) is 11.5 Å². The molecule has 0 bridgehead atoms. The van der Waals surface area contributed by atoms with Crippen LogP contribution in [0.1, 0.15) is 15.9 Å². The van der Waals surface area contributed by atoms with E-state index in [0.717, 1.165) is 5.56 Å². The molecule has 0 atom stereocenters. The van der Waals surface area contributed by atoms with E-state index in [2.05, 4.69) is 10.3 Å². The molecule has 0 spiro atoms. The normalized spacial score (nSPS) is 11.0. The number of nitrogens with one attached hydrogen (secondary N) is 1. The van der Waals surface area contributed by atoms with E-state index in [1.54, 1.807) is 30.3 Å². The molecule has 3 aromatic carbocycles. The van der Waals surface area contributed by atoms with E-state index in [-0.39, 0.29) is 23.7 Å². The van der Waals surface area contributed by atoms with Gasteiger partial charge >= 0.3 is 5.97 Å². The van der Waals surface area contributed by atoms with Crippen LogP contribution in [0.2, 0.25) is 5.02 Å². The summed E-state index contributed by atoms with van der Waals surface area (Å²) in [5, 5.41) is 23.7. The minimum atomic E-state index is -0.912. The largest absolute Gasteiger partial charge is 0.506 e. The van der Waals surface area contributed by atoms with Crippen molar-refractivity contribution in [3.8, 4) is 11.5 Å². The molecule has 178 valence electrons. The molecule has 3 N–H and O–H groups in total. The molecule has 0 saturated carbocycles. The summed E-state index contributed by atoms with van der Waals surface area (Å²) in [4.78, 5) is 28.0. The van der Waals surface area contributed by atoms with Crippen LogP contribution in [-0.2, 0) is 9.53 Å². The predicted molar refractivity (Wildman–Crippen MR) is 135 cm³/mol. The second-order valence-corrected chi connectivity index (χ2v) is 8.69. The zero-order valence-electron chi connectivity index (χ0n) is 18.5. The Morgan fingerprint density at radius 1 is 1.24 bits per heavy atom. The van der Waals surface area contributed by atoms with E-state index in [9.17, 15) is 14.7 Å². The number of anilines is 1. The summed E-state index contributed by atoms with van der Waals surface area (Å²) in [5.41, 5.74) is 1.81. The minimum Gasteiger partial charge on any atom is -0.506 e. The number of aliphatic carboxylic acids is 1. The van der Waals surface area contributed by atoms with Crippen LogP contribution in [0.5, 0.6) is 11.5 Å². The van der Waals surface area contributed by atoms with Crippen molar-refractivity contribution in [2.75, 3.05) is 30.5 Å². The van der Waals surface area contributed by atoms with Crippen molar-refractivity contribution in [3.05, 3.63) is 58.6 Å². The van der Waals surface area contributed by atoms with Crippen molar-refractivity contribution in [1.29, 1.82) is 0 Å². The molecule has 8 nitrogen and oxygen atoms in total. The summed E-state index contributed by atoms with van der Waals surface area (Å²) in [5.74, 6) is -1.04. The predicted octanol–water partition coefficient (Wildman–Crippen LogP) is 5.26. The molecule has 34 heavy (non-hydrogen) atoms. The molecule has 10 heteroatoms. The molecule has 1 amide bonds. The lowest BCUT2D eigenvalue weighted by Crippen LogP contribution is -2.13. The first-order valence-corrected chi connectivity index (χ1v) is 11.7. The van der Waals surface area contributed by atoms with Gasteiger partial charge in [0.25, 0.3) is 5.91 Å². The van der Waals surface area contributed by atoms with Crippen LogP contribution in [0.25, 0.3) is 10.8 Å². The Morgan fingerprint density at radius 2 is 2.03 bits per heavy atom. The van der Waals surface area contributed by atoms with Crippen LogP contribution >= 0.6 is 23.4 Å². The highest BCUT2D eigenvalue weighted by Crippen LogP contribution is 2.41. The van der Waals surface area contributed by atoms with Crippen LogP contribution in [0.15, 0.2) is 47.5 Å². The number of carboxylic acid groups (broad SMARTS) is 1. The summed E-state index contributed by atoms with van der Waals surface area (Å²) in [6.07, 6.45) is 1.25. The number of hydrogen-bond acceptors (Lipinski definition) is 7. The monoisotopic (exact) mass is 502 g/mol. The van der Waals surface area contributed by atoms with Gasteiger partial charge in [-0.1, -0.05) is 29.8 Å². The third-order valence-electron chi connectivity index (χ3n) is 4.70. The number of nitrogens with zero attached hydrogens (tertiary/aromatic N) is 1. The van der Waals surface area contributed by atoms with Gasteiger partial charge in [0, 0.05) is 11.1 Å². The van der Waals surface area contributed by atoms with Gasteiger partial charge in [-0.2, -0.15) is 0 Å². The molecule has 3 aromatic rings. The van der Waals surface area contributed by atoms with Crippen LogP contribution in [0, 0.1) is 6.92 Å². The van der Waals surface area contributed by atoms with Crippen LogP contribution in [0.3, 0.4) is 0 Å². The average molecular weight is 503 g/mol. The maximum atomic E-state index is 13.1. The molecule has 0 aliphatic heterocycles. The van der Waals surface area contributed by atoms with E-state index in [0.29, 0.717) is 38.7 Å². The van der Waals surface area contributed by atoms with Crippen LogP contribution in [0.4, 0.5) is 11.4 Å². The lowest BCUT2D eigenvalue weighted by molar-refractivity contribution is -0.133. The molecule has 0 radical (unpaired) electrons. The number of aromatic hydroxyl groups is 1. The van der Waals surface area contributed by atoms with Crippen molar-refractivity contribution in [3.63, 3.8) is 0 Å². The van der Waals surface area contributed by atoms with Crippen molar-refractivity contribution in [2.45, 2.75) is 6.92 Å². The van der Waals surface area contributed by atoms with Crippen molar-refractivity contribution < 1.29 is 29.3 Å². The van der Waals surface area contributed by atoms with E-state index >= 15 is 0 Å². The number of phenolic OH excluding ortho intramolecular Hbond substituents is 1. The maximum Gasteiger partial charge on any atom is 0.313 e. The molecule has 0 heterocycles. The highest BCUT2D eigenvalue weighted by Gasteiger charge is 2.21. The lowest BCUT2D eigenvalue weighted by Gasteiger charge is -2.16. The quantitative estimate of drug-likeness (QED) is 0.196. The molecule has 0 aliphatic carbocycles. The second kappa shape index (κ2) is 11.6. The first kappa shape index (κ1) is 25.2. The van der Waals surface area contributed by atoms with E-state index in [1.165, 1.54) is 31.3 Å². The van der Waals surface area contributed by atoms with Crippen molar-refractivity contribution >= 4 is 63.8 Å². The fraction of sp³-hybridized carbons (Fsp3) is 0.208. The van der Waals surface area contributed by atoms with Gasteiger partial charge in [0.2, 0.25) is 0 Å². The SMILES string of the molecule is COC=Nc1cccc2c(O)c(C(=O)Nc3ccc(C)cc3Cl)cc(OCCSCC(=O)O)c12. The van der Waals surface area contributed by atoms with Gasteiger partial charge in [-0.3, -0.25) is 9.59 Å². The fourth-order valence-electron chi connectivity index (χ4n) is 3.20. The van der Waals surface area contributed by atoms with Crippen LogP contribution in [-0.4, -0.2) is 53.7 Å². The number of amides is 1. The van der Waals surface area contributed by atoms with E-state index in [4.69, 9.17) is 26.2 Å². The molecular formula is C24H23ClN2O6S. The second-order valence-electron chi connectivity index (χ2n) is 7.17. The smallest absolute Gasteiger partial charge is 0.313 e. The fourth-order valence-corrected chi connectivity index (χ4v) is 4.00. The van der Waals surface area contributed by atoms with Gasteiger partial charge in [-0.15, -0.1) is 11.8 Å². The number of carbonyl (C=O) groups excluding carboxylic acids is 1. The first-order valence-electron chi connectivity index (χ1n) is 10.2. The third-order valence-corrected chi connectivity index (χ3v) is 5.92. The number of aryl methyl sites for hydroxylation is 1. The Bertz CT molecular complexity index is 1250. The Labute approximate surface area is 205 Å². The number of hydrogen-bond donors (Lipinski definition) is 3. The van der Waals surface area contributed by atoms with Crippen molar-refractivity contribution in [1.82, 2.24) is 0 Å². The maximum absolute atomic E-state index is 13.1. The zero-order chi connectivity index (χ0) is 24.7. The molecule has 0 aromatic heterocycles. The molecule has 0 unspecified atom stereocenters. The molecular weight excluding hydrogens is 480 g/mol. The number of carbonyl (C=O) groups is 2. The number of aliphatic imine (C=N–C) groups is 1. The number of phenols is 1. The summed E-state index contributed by atoms with van der Waals surface area (Å²) in [6.45, 7) is 2.07. The Balaban J connectivity index is 2.01. The summed E-state index contributed by atoms with van der Waals surface area (Å²) in [6, 6.07) is 11.7. The molecule has 3 rings (SSSR count). The number of halogens is 1. The van der Waals surface area contributed by atoms with Crippen molar-refractivity contribution in [2.24, 2.45) is 4.99 Å². The van der Waals surface area contributed by atoms with Gasteiger partial charge in [0.15, 0.2) is 6.40 Å². The number of rotatable bonds is 10. The average Bonchev–Trinajstić information content (AvgIpc) is 2.80. The summed E-state index contributed by atoms with van der Waals surface area (Å²) < 4.78 is 10.8. The molecule has 0 fully saturated rings. The Kier molecular flexibility index (Phi) is 8.61. The molecule has 0 saturated heterocycles. The molecule has 0 aliphatic rings. The summed E-state index contributed by atoms with van der Waals surface area (Å²) in [7, 11) is 1.46. The van der Waals surface area contributed by atoms with Gasteiger partial charge < -0.3 is 25.0 Å². The van der Waals surface area contributed by atoms with E-state index < -0.39 is 11.9 Å². The number of fused-ring (bicyclic) bond motifs is 1. The summed E-state index contributed by atoms with van der Waals surface area (Å²) >= 11 is 7.45. The third kappa shape index (κ3) is 6.12. The van der Waals surface area contributed by atoms with Crippen LogP contribution < -0.4 is 10.1 Å². The highest BCUT2D eigenvalue weighted by molar-refractivity contribution is 7.99. The zero-order valence-corrected chi connectivity index (χ0v) is 20.1. The number of carboxylic acids is 1. The van der Waals surface area contributed by atoms with Gasteiger partial charge in [0.05, 0.1) is 46.8 Å². The first-order chi connectivity index (χ1) is 16.3. The van der Waals surface area contributed by atoms with Gasteiger partial charge in [-0.25, -0.2) is 4.99 Å². The highest BCUT2D eigenvalue weighted by atomic mass is 35.5. The standard InChI is InChI=1S/C24H23ClN2O6S/c1-14-6-7-18(17(25)10-14)27-24(31)16-11-20(33-8-9-34-12-21(28)29)22-15(23(16)30)4-3-5-19(22)26-13-32-2/h3-7,10-11,13,30H,8-9,12H2,1-2H3,(H,27,31)(H,28,29). The van der Waals surface area contributed by atoms with Gasteiger partial charge in [-0.05, 0) is 36.8 Å². The number of thioether (sulfide) groups is 1.